The quantitative estimate of drug-likeness (QED) is 0.294. The summed E-state index contributed by atoms with van der Waals surface area (Å²) in [4.78, 5) is 7.29. The smallest absolute Gasteiger partial charge is 0.191 e. The summed E-state index contributed by atoms with van der Waals surface area (Å²) in [7, 11) is 0. The zero-order valence-corrected chi connectivity index (χ0v) is 20.7. The maximum Gasteiger partial charge on any atom is 0.191 e. The maximum absolute atomic E-state index is 5.75. The van der Waals surface area contributed by atoms with Crippen LogP contribution in [0.5, 0.6) is 0 Å². The first-order chi connectivity index (χ1) is 14.8. The molecule has 2 unspecified atom stereocenters. The molecule has 0 radical (unpaired) electrons. The van der Waals surface area contributed by atoms with E-state index >= 15 is 0 Å². The standard InChI is InChI=1S/C24H34N4O2.HI/c1-19(20-7-4-8-21(17-20)28-13-2-3-14-28)27-24(26-18-23-10-6-16-30-23)25-12-11-22-9-5-15-29-22;/h4-5,7-9,15,17,19,23H,2-3,6,10-14,16,18H2,1H3,(H2,25,26,27);1H. The molecule has 2 fully saturated rings. The van der Waals surface area contributed by atoms with E-state index in [0.29, 0.717) is 6.54 Å². The van der Waals surface area contributed by atoms with E-state index in [0.717, 1.165) is 57.2 Å². The zero-order valence-electron chi connectivity index (χ0n) is 18.4. The third-order valence-electron chi connectivity index (χ3n) is 5.92. The molecule has 0 amide bonds. The predicted octanol–water partition coefficient (Wildman–Crippen LogP) is 4.52. The molecule has 2 N–H and O–H groups in total. The van der Waals surface area contributed by atoms with Crippen LogP contribution in [0.25, 0.3) is 0 Å². The lowest BCUT2D eigenvalue weighted by Gasteiger charge is -2.22. The van der Waals surface area contributed by atoms with Crippen LogP contribution in [0, 0.1) is 0 Å². The molecule has 3 heterocycles. The number of halogens is 1. The van der Waals surface area contributed by atoms with Gasteiger partial charge in [-0.05, 0) is 62.4 Å². The van der Waals surface area contributed by atoms with Crippen molar-refractivity contribution in [1.82, 2.24) is 10.6 Å². The number of guanidine groups is 1. The van der Waals surface area contributed by atoms with E-state index in [2.05, 4.69) is 46.7 Å². The van der Waals surface area contributed by atoms with Gasteiger partial charge in [-0.15, -0.1) is 24.0 Å². The number of anilines is 1. The molecule has 0 spiro atoms. The minimum atomic E-state index is 0. The van der Waals surface area contributed by atoms with Gasteiger partial charge >= 0.3 is 0 Å². The van der Waals surface area contributed by atoms with Crippen molar-refractivity contribution in [2.75, 3.05) is 37.7 Å². The first-order valence-corrected chi connectivity index (χ1v) is 11.3. The Kier molecular flexibility index (Phi) is 9.52. The summed E-state index contributed by atoms with van der Waals surface area (Å²) in [5.41, 5.74) is 2.60. The maximum atomic E-state index is 5.75. The SMILES string of the molecule is CC(NC(=NCC1CCCO1)NCCc1ccco1)c1cccc(N2CCCC2)c1.I. The molecule has 0 aliphatic carbocycles. The van der Waals surface area contributed by atoms with E-state index in [9.17, 15) is 0 Å². The Balaban J connectivity index is 0.00000272. The lowest BCUT2D eigenvalue weighted by Crippen LogP contribution is -2.40. The van der Waals surface area contributed by atoms with E-state index in [-0.39, 0.29) is 36.1 Å². The number of benzene rings is 1. The van der Waals surface area contributed by atoms with Gasteiger partial charge in [-0.1, -0.05) is 12.1 Å². The largest absolute Gasteiger partial charge is 0.469 e. The highest BCUT2D eigenvalue weighted by Crippen LogP contribution is 2.24. The summed E-state index contributed by atoms with van der Waals surface area (Å²) in [6, 6.07) is 13.0. The summed E-state index contributed by atoms with van der Waals surface area (Å²) >= 11 is 0. The van der Waals surface area contributed by atoms with Gasteiger partial charge in [-0.2, -0.15) is 0 Å². The molecule has 2 aliphatic heterocycles. The fourth-order valence-corrected chi connectivity index (χ4v) is 4.15. The van der Waals surface area contributed by atoms with Gasteiger partial charge in [0.2, 0.25) is 0 Å². The zero-order chi connectivity index (χ0) is 20.6. The van der Waals surface area contributed by atoms with Gasteiger partial charge in [0.15, 0.2) is 5.96 Å². The molecule has 6 nitrogen and oxygen atoms in total. The van der Waals surface area contributed by atoms with Crippen LogP contribution < -0.4 is 15.5 Å². The third-order valence-corrected chi connectivity index (χ3v) is 5.92. The summed E-state index contributed by atoms with van der Waals surface area (Å²) in [6.45, 7) is 6.83. The highest BCUT2D eigenvalue weighted by Gasteiger charge is 2.17. The second kappa shape index (κ2) is 12.3. The van der Waals surface area contributed by atoms with Gasteiger partial charge in [0.05, 0.1) is 25.0 Å². The number of hydrogen-bond donors (Lipinski definition) is 2. The lowest BCUT2D eigenvalue weighted by atomic mass is 10.1. The summed E-state index contributed by atoms with van der Waals surface area (Å²) in [5, 5.41) is 7.05. The number of aliphatic imine (C=N–C) groups is 1. The number of hydrogen-bond acceptors (Lipinski definition) is 4. The highest BCUT2D eigenvalue weighted by atomic mass is 127. The van der Waals surface area contributed by atoms with Gasteiger partial charge in [0.1, 0.15) is 5.76 Å². The van der Waals surface area contributed by atoms with Crippen LogP contribution in [0.4, 0.5) is 5.69 Å². The minimum absolute atomic E-state index is 0. The number of nitrogens with zero attached hydrogens (tertiary/aromatic N) is 2. The Morgan fingerprint density at radius 3 is 2.81 bits per heavy atom. The predicted molar refractivity (Wildman–Crippen MR) is 137 cm³/mol. The molecule has 170 valence electrons. The molecule has 2 saturated heterocycles. The second-order valence-corrected chi connectivity index (χ2v) is 8.24. The molecule has 31 heavy (non-hydrogen) atoms. The molecule has 1 aromatic heterocycles. The molecule has 2 aromatic rings. The summed E-state index contributed by atoms with van der Waals surface area (Å²) in [5.74, 6) is 1.81. The Labute approximate surface area is 202 Å². The van der Waals surface area contributed by atoms with Crippen molar-refractivity contribution >= 4 is 35.6 Å². The number of rotatable bonds is 8. The van der Waals surface area contributed by atoms with E-state index in [1.807, 2.05) is 12.1 Å². The highest BCUT2D eigenvalue weighted by molar-refractivity contribution is 14.0. The fourth-order valence-electron chi connectivity index (χ4n) is 4.15. The molecule has 7 heteroatoms. The summed E-state index contributed by atoms with van der Waals surface area (Å²) < 4.78 is 11.2. The Morgan fingerprint density at radius 2 is 2.06 bits per heavy atom. The van der Waals surface area contributed by atoms with Crippen LogP contribution in [-0.2, 0) is 11.2 Å². The third kappa shape index (κ3) is 7.14. The van der Waals surface area contributed by atoms with Gasteiger partial charge in [-0.3, -0.25) is 4.99 Å². The molecule has 4 rings (SSSR count). The number of furan rings is 1. The van der Waals surface area contributed by atoms with Crippen LogP contribution in [0.1, 0.15) is 50.0 Å². The molecular weight excluding hydrogens is 503 g/mol. The summed E-state index contributed by atoms with van der Waals surface area (Å²) in [6.07, 6.45) is 7.59. The van der Waals surface area contributed by atoms with Crippen LogP contribution in [0.3, 0.4) is 0 Å². The normalized spacial score (nSPS) is 19.8. The first kappa shape index (κ1) is 23.9. The monoisotopic (exact) mass is 538 g/mol. The Morgan fingerprint density at radius 1 is 1.19 bits per heavy atom. The van der Waals surface area contributed by atoms with Crippen molar-refractivity contribution in [2.45, 2.75) is 51.2 Å². The molecule has 2 aliphatic rings. The first-order valence-electron chi connectivity index (χ1n) is 11.3. The van der Waals surface area contributed by atoms with Crippen molar-refractivity contribution in [3.8, 4) is 0 Å². The van der Waals surface area contributed by atoms with Gasteiger partial charge < -0.3 is 24.7 Å². The van der Waals surface area contributed by atoms with Crippen LogP contribution in [0.2, 0.25) is 0 Å². The Bertz CT molecular complexity index is 800. The topological polar surface area (TPSA) is 62.0 Å². The average molecular weight is 538 g/mol. The van der Waals surface area contributed by atoms with E-state index < -0.39 is 0 Å². The number of ether oxygens (including phenoxy) is 1. The van der Waals surface area contributed by atoms with Crippen molar-refractivity contribution < 1.29 is 9.15 Å². The van der Waals surface area contributed by atoms with Gasteiger partial charge in [0, 0.05) is 38.3 Å². The van der Waals surface area contributed by atoms with Crippen molar-refractivity contribution in [2.24, 2.45) is 4.99 Å². The fraction of sp³-hybridized carbons (Fsp3) is 0.542. The van der Waals surface area contributed by atoms with Crippen LogP contribution >= 0.6 is 24.0 Å². The Hall–Kier alpha value is -1.74. The van der Waals surface area contributed by atoms with E-state index in [1.165, 1.54) is 24.1 Å². The second-order valence-electron chi connectivity index (χ2n) is 8.24. The average Bonchev–Trinajstić information content (AvgIpc) is 3.55. The van der Waals surface area contributed by atoms with Crippen molar-refractivity contribution in [3.63, 3.8) is 0 Å². The lowest BCUT2D eigenvalue weighted by molar-refractivity contribution is 0.117. The molecule has 0 bridgehead atoms. The number of nitrogens with one attached hydrogen (secondary N) is 2. The van der Waals surface area contributed by atoms with Crippen molar-refractivity contribution in [3.05, 3.63) is 54.0 Å². The molecule has 0 saturated carbocycles. The molecular formula is C24H35IN4O2. The molecule has 1 aromatic carbocycles. The van der Waals surface area contributed by atoms with Crippen molar-refractivity contribution in [1.29, 1.82) is 0 Å². The van der Waals surface area contributed by atoms with Gasteiger partial charge in [-0.25, -0.2) is 0 Å². The molecule has 2 atom stereocenters. The van der Waals surface area contributed by atoms with Crippen LogP contribution in [0.15, 0.2) is 52.1 Å². The minimum Gasteiger partial charge on any atom is -0.469 e. The van der Waals surface area contributed by atoms with E-state index in [1.54, 1.807) is 6.26 Å². The van der Waals surface area contributed by atoms with Gasteiger partial charge in [0.25, 0.3) is 0 Å². The van der Waals surface area contributed by atoms with Crippen LogP contribution in [-0.4, -0.2) is 44.8 Å². The van der Waals surface area contributed by atoms with E-state index in [4.69, 9.17) is 14.1 Å².